The minimum absolute atomic E-state index is 0.275. The number of hydrogen-bond acceptors (Lipinski definition) is 5. The van der Waals surface area contributed by atoms with Gasteiger partial charge in [-0.2, -0.15) is 8.42 Å². The third-order valence-corrected chi connectivity index (χ3v) is 11.5. The molecule has 7 nitrogen and oxygen atoms in total. The van der Waals surface area contributed by atoms with Crippen LogP contribution in [0, 0.1) is 0 Å². The molecule has 0 aromatic heterocycles. The smallest absolute Gasteiger partial charge is 0.267 e. The van der Waals surface area contributed by atoms with Crippen molar-refractivity contribution in [3.63, 3.8) is 0 Å². The summed E-state index contributed by atoms with van der Waals surface area (Å²) in [5.74, 6) is -1.53. The minimum Gasteiger partial charge on any atom is -0.387 e. The molecule has 0 aliphatic heterocycles. The largest absolute Gasteiger partial charge is 0.387 e. The molecule has 0 saturated carbocycles. The highest BCUT2D eigenvalue weighted by Gasteiger charge is 2.27. The molecule has 3 atom stereocenters. The molecule has 0 rings (SSSR count). The zero-order valence-corrected chi connectivity index (χ0v) is 36.3. The highest BCUT2D eigenvalue weighted by molar-refractivity contribution is 7.85. The second-order valence-corrected chi connectivity index (χ2v) is 17.7. The van der Waals surface area contributed by atoms with Crippen molar-refractivity contribution in [2.75, 3.05) is 5.75 Å². The maximum absolute atomic E-state index is 12.6. The summed E-state index contributed by atoms with van der Waals surface area (Å²) in [4.78, 5) is 12.6. The van der Waals surface area contributed by atoms with Crippen molar-refractivity contribution < 1.29 is 28.0 Å². The van der Waals surface area contributed by atoms with Crippen molar-refractivity contribution in [3.8, 4) is 0 Å². The van der Waals surface area contributed by atoms with E-state index < -0.39 is 40.0 Å². The summed E-state index contributed by atoms with van der Waals surface area (Å²) in [5, 5.41) is 23.5. The van der Waals surface area contributed by atoms with Crippen LogP contribution >= 0.6 is 0 Å². The first-order chi connectivity index (χ1) is 26.2. The summed E-state index contributed by atoms with van der Waals surface area (Å²) in [5.41, 5.74) is 0. The molecule has 0 fully saturated rings. The Morgan fingerprint density at radius 1 is 0.500 bits per heavy atom. The fourth-order valence-electron chi connectivity index (χ4n) is 7.16. The van der Waals surface area contributed by atoms with Crippen molar-refractivity contribution in [2.24, 2.45) is 0 Å². The molecule has 0 bridgehead atoms. The number of unbranched alkanes of at least 4 members (excludes halogenated alkanes) is 31. The van der Waals surface area contributed by atoms with Gasteiger partial charge in [-0.25, -0.2) is 0 Å². The monoisotopic (exact) mass is 784 g/mol. The van der Waals surface area contributed by atoms with E-state index in [4.69, 9.17) is 0 Å². The molecule has 0 saturated heterocycles. The molecule has 320 valence electrons. The van der Waals surface area contributed by atoms with Crippen LogP contribution in [0.4, 0.5) is 0 Å². The van der Waals surface area contributed by atoms with E-state index in [1.165, 1.54) is 173 Å². The normalized spacial score (nSPS) is 13.9. The Labute approximate surface area is 335 Å². The van der Waals surface area contributed by atoms with Crippen LogP contribution in [-0.4, -0.2) is 53.1 Å². The lowest BCUT2D eigenvalue weighted by atomic mass is 10.0. The summed E-state index contributed by atoms with van der Waals surface area (Å²) >= 11 is 0. The molecule has 0 aliphatic rings. The lowest BCUT2D eigenvalue weighted by Gasteiger charge is -2.22. The molecule has 0 aromatic rings. The van der Waals surface area contributed by atoms with E-state index in [0.717, 1.165) is 44.9 Å². The van der Waals surface area contributed by atoms with Gasteiger partial charge in [0.05, 0.1) is 17.9 Å². The molecule has 0 spiro atoms. The van der Waals surface area contributed by atoms with Gasteiger partial charge in [0.25, 0.3) is 10.1 Å². The zero-order valence-electron chi connectivity index (χ0n) is 35.5. The maximum atomic E-state index is 12.6. The van der Waals surface area contributed by atoms with Gasteiger partial charge in [-0.15, -0.1) is 0 Å². The topological polar surface area (TPSA) is 124 Å². The summed E-state index contributed by atoms with van der Waals surface area (Å²) in [6.45, 7) is 4.53. The van der Waals surface area contributed by atoms with Crippen LogP contribution in [0.25, 0.3) is 0 Å². The van der Waals surface area contributed by atoms with E-state index in [2.05, 4.69) is 31.3 Å². The van der Waals surface area contributed by atoms with Gasteiger partial charge in [0.1, 0.15) is 6.10 Å². The Morgan fingerprint density at radius 3 is 1.17 bits per heavy atom. The summed E-state index contributed by atoms with van der Waals surface area (Å²) in [6.07, 6.45) is 48.1. The second-order valence-electron chi connectivity index (χ2n) is 16.2. The quantitative estimate of drug-likeness (QED) is 0.0278. The standard InChI is InChI=1S/C46H89NO6S/c1-3-5-7-9-11-13-15-17-19-21-22-23-25-27-29-31-33-35-37-39-41-45(49)46(50)47-43(42-54(51,52)53)44(48)40-38-36-34-32-30-28-26-24-20-18-16-14-12-10-8-6-4-2/h23,25,38,40,43-45,48-49H,3-22,24,26-37,39,41-42H2,1-2H3,(H,47,50)(H,51,52,53)/b25-23-,40-38+. The lowest BCUT2D eigenvalue weighted by Crippen LogP contribution is -2.50. The molecule has 0 heterocycles. The lowest BCUT2D eigenvalue weighted by molar-refractivity contribution is -0.130. The number of nitrogens with one attached hydrogen (secondary N) is 1. The number of allylic oxidation sites excluding steroid dienone is 3. The van der Waals surface area contributed by atoms with E-state index >= 15 is 0 Å². The van der Waals surface area contributed by atoms with Gasteiger partial charge < -0.3 is 15.5 Å². The fourth-order valence-corrected chi connectivity index (χ4v) is 7.89. The average Bonchev–Trinajstić information content (AvgIpc) is 3.14. The predicted molar refractivity (Wildman–Crippen MR) is 232 cm³/mol. The van der Waals surface area contributed by atoms with Crippen molar-refractivity contribution >= 4 is 16.0 Å². The number of carbonyl (C=O) groups is 1. The van der Waals surface area contributed by atoms with E-state index in [1.54, 1.807) is 0 Å². The van der Waals surface area contributed by atoms with Gasteiger partial charge >= 0.3 is 0 Å². The number of rotatable bonds is 42. The van der Waals surface area contributed by atoms with Crippen molar-refractivity contribution in [3.05, 3.63) is 24.3 Å². The number of carbonyl (C=O) groups excluding carboxylic acids is 1. The van der Waals surface area contributed by atoms with Crippen LogP contribution in [0.3, 0.4) is 0 Å². The van der Waals surface area contributed by atoms with Gasteiger partial charge in [0, 0.05) is 0 Å². The van der Waals surface area contributed by atoms with E-state index in [0.29, 0.717) is 6.42 Å². The first kappa shape index (κ1) is 52.8. The molecular formula is C46H89NO6S. The molecule has 0 radical (unpaired) electrons. The van der Waals surface area contributed by atoms with Crippen molar-refractivity contribution in [1.82, 2.24) is 5.32 Å². The molecule has 0 aromatic carbocycles. The number of hydrogen-bond donors (Lipinski definition) is 4. The van der Waals surface area contributed by atoms with Crippen LogP contribution in [-0.2, 0) is 14.9 Å². The number of aliphatic hydroxyl groups excluding tert-OH is 2. The third kappa shape index (κ3) is 39.0. The first-order valence-corrected chi connectivity index (χ1v) is 24.8. The van der Waals surface area contributed by atoms with Crippen LogP contribution in [0.2, 0.25) is 0 Å². The molecule has 0 aliphatic carbocycles. The Hall–Kier alpha value is -1.22. The average molecular weight is 784 g/mol. The second kappa shape index (κ2) is 40.0. The van der Waals surface area contributed by atoms with Crippen LogP contribution in [0.1, 0.15) is 239 Å². The molecule has 1 amide bonds. The summed E-state index contributed by atoms with van der Waals surface area (Å²) < 4.78 is 32.6. The maximum Gasteiger partial charge on any atom is 0.267 e. The highest BCUT2D eigenvalue weighted by Crippen LogP contribution is 2.16. The number of aliphatic hydroxyl groups is 2. The van der Waals surface area contributed by atoms with Crippen molar-refractivity contribution in [2.45, 2.75) is 257 Å². The van der Waals surface area contributed by atoms with Gasteiger partial charge in [-0.05, 0) is 44.9 Å². The fraction of sp³-hybridized carbons (Fsp3) is 0.891. The van der Waals surface area contributed by atoms with E-state index in [9.17, 15) is 28.0 Å². The van der Waals surface area contributed by atoms with Crippen LogP contribution < -0.4 is 5.32 Å². The molecule has 54 heavy (non-hydrogen) atoms. The summed E-state index contributed by atoms with van der Waals surface area (Å²) in [7, 11) is -4.44. The third-order valence-electron chi connectivity index (χ3n) is 10.7. The van der Waals surface area contributed by atoms with Crippen LogP contribution in [0.5, 0.6) is 0 Å². The van der Waals surface area contributed by atoms with E-state index in [-0.39, 0.29) is 6.42 Å². The predicted octanol–water partition coefficient (Wildman–Crippen LogP) is 12.9. The Kier molecular flexibility index (Phi) is 39.1. The molecule has 4 N–H and O–H groups in total. The summed E-state index contributed by atoms with van der Waals surface area (Å²) in [6, 6.07) is -1.23. The molecule has 8 heteroatoms. The van der Waals surface area contributed by atoms with Gasteiger partial charge in [0.2, 0.25) is 5.91 Å². The Balaban J connectivity index is 3.96. The Morgan fingerprint density at radius 2 is 0.815 bits per heavy atom. The Bertz CT molecular complexity index is 968. The highest BCUT2D eigenvalue weighted by atomic mass is 32.2. The van der Waals surface area contributed by atoms with Gasteiger partial charge in [-0.1, -0.05) is 218 Å². The zero-order chi connectivity index (χ0) is 39.8. The van der Waals surface area contributed by atoms with Crippen LogP contribution in [0.15, 0.2) is 24.3 Å². The number of amides is 1. The molecular weight excluding hydrogens is 695 g/mol. The first-order valence-electron chi connectivity index (χ1n) is 23.1. The molecule has 3 unspecified atom stereocenters. The van der Waals surface area contributed by atoms with Gasteiger partial charge in [0.15, 0.2) is 0 Å². The van der Waals surface area contributed by atoms with E-state index in [1.807, 2.05) is 6.08 Å². The minimum atomic E-state index is -4.44. The van der Waals surface area contributed by atoms with Gasteiger partial charge in [-0.3, -0.25) is 9.35 Å². The van der Waals surface area contributed by atoms with Crippen molar-refractivity contribution in [1.29, 1.82) is 0 Å². The SMILES string of the molecule is CCCCCCCCCCCC/C=C\CCCCCCCCC(O)C(=O)NC(CS(=O)(=O)O)C(O)/C=C/CCCCCCCCCCCCCCCCC.